The number of nitrogen functional groups attached to an aromatic ring is 2. The van der Waals surface area contributed by atoms with Crippen LogP contribution in [-0.2, 0) is 4.74 Å². The van der Waals surface area contributed by atoms with E-state index in [-0.39, 0.29) is 17.6 Å². The number of nitrogens with zero attached hydrogens (tertiary/aromatic N) is 3. The number of nitrogens with two attached hydrogens (primary N) is 2. The highest BCUT2D eigenvalue weighted by Crippen LogP contribution is 2.28. The third kappa shape index (κ3) is 2.91. The van der Waals surface area contributed by atoms with Crippen LogP contribution in [0.4, 0.5) is 23.0 Å². The lowest BCUT2D eigenvalue weighted by Crippen LogP contribution is -2.03. The number of H-pyrrole nitrogens is 1. The van der Waals surface area contributed by atoms with Crippen LogP contribution in [0, 0.1) is 0 Å². The van der Waals surface area contributed by atoms with Crippen LogP contribution in [0.25, 0.3) is 0 Å². The molecule has 2 aromatic rings. The Bertz CT molecular complexity index is 612. The average molecular weight is 274 g/mol. The van der Waals surface area contributed by atoms with Gasteiger partial charge in [-0.05, 0) is 31.2 Å². The standard InChI is InChI=1S/C12H14N6O2/c1-2-20-12(19)7-3-5-8(6-4-7)15-16-9-10(13)17-18-11(9)14/h3-6H,2H2,1H3,(H5,13,14,17,18). The first-order valence-electron chi connectivity index (χ1n) is 5.90. The molecule has 2 rings (SSSR count). The number of ether oxygens (including phenoxy) is 1. The predicted molar refractivity (Wildman–Crippen MR) is 74.0 cm³/mol. The van der Waals surface area contributed by atoms with E-state index in [9.17, 15) is 4.79 Å². The molecule has 104 valence electrons. The molecular weight excluding hydrogens is 260 g/mol. The van der Waals surface area contributed by atoms with E-state index in [0.717, 1.165) is 0 Å². The van der Waals surface area contributed by atoms with Crippen LogP contribution in [0.5, 0.6) is 0 Å². The molecule has 8 heteroatoms. The fraction of sp³-hybridized carbons (Fsp3) is 0.167. The minimum absolute atomic E-state index is 0.175. The van der Waals surface area contributed by atoms with Gasteiger partial charge in [-0.15, -0.1) is 5.11 Å². The molecule has 1 heterocycles. The molecule has 0 atom stereocenters. The highest BCUT2D eigenvalue weighted by Gasteiger charge is 2.07. The number of benzene rings is 1. The molecule has 5 N–H and O–H groups in total. The van der Waals surface area contributed by atoms with Gasteiger partial charge < -0.3 is 16.2 Å². The zero-order chi connectivity index (χ0) is 14.5. The van der Waals surface area contributed by atoms with Gasteiger partial charge in [0.05, 0.1) is 17.9 Å². The molecule has 0 bridgehead atoms. The molecule has 20 heavy (non-hydrogen) atoms. The van der Waals surface area contributed by atoms with E-state index < -0.39 is 0 Å². The topological polar surface area (TPSA) is 132 Å². The Balaban J connectivity index is 2.13. The molecule has 0 unspecified atom stereocenters. The number of rotatable bonds is 4. The highest BCUT2D eigenvalue weighted by atomic mass is 16.5. The number of azo groups is 1. The van der Waals surface area contributed by atoms with Gasteiger partial charge in [0.2, 0.25) is 0 Å². The lowest BCUT2D eigenvalue weighted by Gasteiger charge is -2.01. The van der Waals surface area contributed by atoms with Crippen molar-refractivity contribution in [2.45, 2.75) is 6.92 Å². The SMILES string of the molecule is CCOC(=O)c1ccc(N=Nc2c(N)n[nH]c2N)cc1. The van der Waals surface area contributed by atoms with Crippen molar-refractivity contribution in [1.29, 1.82) is 0 Å². The highest BCUT2D eigenvalue weighted by molar-refractivity contribution is 5.89. The molecule has 0 aliphatic rings. The van der Waals surface area contributed by atoms with Gasteiger partial charge in [0.25, 0.3) is 0 Å². The molecule has 0 aliphatic heterocycles. The van der Waals surface area contributed by atoms with Crippen LogP contribution in [-0.4, -0.2) is 22.8 Å². The van der Waals surface area contributed by atoms with Crippen LogP contribution >= 0.6 is 0 Å². The summed E-state index contributed by atoms with van der Waals surface area (Å²) in [7, 11) is 0. The van der Waals surface area contributed by atoms with E-state index in [1.807, 2.05) is 0 Å². The first-order valence-corrected chi connectivity index (χ1v) is 5.90. The third-order valence-corrected chi connectivity index (χ3v) is 2.44. The molecule has 0 saturated heterocycles. The molecule has 8 nitrogen and oxygen atoms in total. The van der Waals surface area contributed by atoms with E-state index in [1.165, 1.54) is 0 Å². The maximum atomic E-state index is 11.5. The minimum Gasteiger partial charge on any atom is -0.462 e. The summed E-state index contributed by atoms with van der Waals surface area (Å²) in [6.07, 6.45) is 0. The number of hydrogen-bond acceptors (Lipinski definition) is 7. The average Bonchev–Trinajstić information content (AvgIpc) is 2.77. The molecule has 1 aromatic carbocycles. The first-order chi connectivity index (χ1) is 9.61. The predicted octanol–water partition coefficient (Wildman–Crippen LogP) is 2.17. The zero-order valence-electron chi connectivity index (χ0n) is 10.8. The summed E-state index contributed by atoms with van der Waals surface area (Å²) in [5.74, 6) is 0.0445. The van der Waals surface area contributed by atoms with Crippen molar-refractivity contribution in [3.8, 4) is 0 Å². The Hall–Kier alpha value is -2.90. The van der Waals surface area contributed by atoms with Crippen LogP contribution in [0.15, 0.2) is 34.5 Å². The van der Waals surface area contributed by atoms with Gasteiger partial charge in [-0.1, -0.05) is 0 Å². The minimum atomic E-state index is -0.376. The van der Waals surface area contributed by atoms with E-state index in [1.54, 1.807) is 31.2 Å². The van der Waals surface area contributed by atoms with Crippen molar-refractivity contribution >= 4 is 29.0 Å². The number of hydrogen-bond donors (Lipinski definition) is 3. The first kappa shape index (κ1) is 13.5. The van der Waals surface area contributed by atoms with E-state index in [0.29, 0.717) is 23.5 Å². The number of aromatic amines is 1. The number of carbonyl (C=O) groups excluding carboxylic acids is 1. The second-order valence-corrected chi connectivity index (χ2v) is 3.84. The molecule has 0 fully saturated rings. The fourth-order valence-corrected chi connectivity index (χ4v) is 1.46. The Morgan fingerprint density at radius 1 is 1.30 bits per heavy atom. The largest absolute Gasteiger partial charge is 0.462 e. The number of carbonyl (C=O) groups is 1. The summed E-state index contributed by atoms with van der Waals surface area (Å²) in [6, 6.07) is 6.49. The second kappa shape index (κ2) is 5.83. The van der Waals surface area contributed by atoms with E-state index >= 15 is 0 Å². The van der Waals surface area contributed by atoms with Gasteiger partial charge in [0.1, 0.15) is 5.82 Å². The van der Waals surface area contributed by atoms with Gasteiger partial charge in [-0.25, -0.2) is 4.79 Å². The maximum absolute atomic E-state index is 11.5. The molecule has 0 saturated carbocycles. The lowest BCUT2D eigenvalue weighted by atomic mass is 10.2. The maximum Gasteiger partial charge on any atom is 0.338 e. The summed E-state index contributed by atoms with van der Waals surface area (Å²) < 4.78 is 4.88. The molecule has 0 spiro atoms. The Morgan fingerprint density at radius 2 is 2.00 bits per heavy atom. The normalized spacial score (nSPS) is 10.8. The number of nitrogens with one attached hydrogen (secondary N) is 1. The quantitative estimate of drug-likeness (QED) is 0.580. The number of esters is 1. The molecular formula is C12H14N6O2. The molecule has 0 radical (unpaired) electrons. The smallest absolute Gasteiger partial charge is 0.338 e. The van der Waals surface area contributed by atoms with E-state index in [4.69, 9.17) is 16.2 Å². The number of aromatic nitrogens is 2. The Morgan fingerprint density at radius 3 is 2.55 bits per heavy atom. The summed E-state index contributed by atoms with van der Waals surface area (Å²) in [5, 5.41) is 14.1. The van der Waals surface area contributed by atoms with Gasteiger partial charge in [-0.3, -0.25) is 5.10 Å². The molecule has 1 aromatic heterocycles. The Kier molecular flexibility index (Phi) is 3.94. The van der Waals surface area contributed by atoms with Crippen molar-refractivity contribution < 1.29 is 9.53 Å². The van der Waals surface area contributed by atoms with Crippen molar-refractivity contribution in [2.75, 3.05) is 18.1 Å². The van der Waals surface area contributed by atoms with Crippen LogP contribution in [0.2, 0.25) is 0 Å². The van der Waals surface area contributed by atoms with Crippen molar-refractivity contribution in [2.24, 2.45) is 10.2 Å². The fourth-order valence-electron chi connectivity index (χ4n) is 1.46. The van der Waals surface area contributed by atoms with Crippen LogP contribution in [0.1, 0.15) is 17.3 Å². The zero-order valence-corrected chi connectivity index (χ0v) is 10.8. The second-order valence-electron chi connectivity index (χ2n) is 3.84. The van der Waals surface area contributed by atoms with Gasteiger partial charge >= 0.3 is 5.97 Å². The van der Waals surface area contributed by atoms with Gasteiger partial charge in [-0.2, -0.15) is 10.2 Å². The lowest BCUT2D eigenvalue weighted by molar-refractivity contribution is 0.0526. The van der Waals surface area contributed by atoms with Crippen LogP contribution in [0.3, 0.4) is 0 Å². The third-order valence-electron chi connectivity index (χ3n) is 2.44. The summed E-state index contributed by atoms with van der Waals surface area (Å²) in [4.78, 5) is 11.5. The van der Waals surface area contributed by atoms with Gasteiger partial charge in [0.15, 0.2) is 11.5 Å². The van der Waals surface area contributed by atoms with E-state index in [2.05, 4.69) is 20.4 Å². The van der Waals surface area contributed by atoms with Crippen molar-refractivity contribution in [3.05, 3.63) is 29.8 Å². The summed E-state index contributed by atoms with van der Waals surface area (Å²) in [6.45, 7) is 2.08. The Labute approximate surface area is 114 Å². The number of anilines is 2. The van der Waals surface area contributed by atoms with Crippen molar-refractivity contribution in [3.63, 3.8) is 0 Å². The monoisotopic (exact) mass is 274 g/mol. The van der Waals surface area contributed by atoms with Gasteiger partial charge in [0, 0.05) is 0 Å². The van der Waals surface area contributed by atoms with Crippen LogP contribution < -0.4 is 11.5 Å². The molecule has 0 amide bonds. The summed E-state index contributed by atoms with van der Waals surface area (Å²) in [5.41, 5.74) is 12.5. The summed E-state index contributed by atoms with van der Waals surface area (Å²) >= 11 is 0. The van der Waals surface area contributed by atoms with Crippen molar-refractivity contribution in [1.82, 2.24) is 10.2 Å². The molecule has 0 aliphatic carbocycles.